The number of carbonyl (C=O) groups excluding carboxylic acids is 3. The van der Waals surface area contributed by atoms with E-state index < -0.39 is 6.04 Å². The largest absolute Gasteiger partial charge is 0.493 e. The highest BCUT2D eigenvalue weighted by Gasteiger charge is 2.34. The zero-order valence-corrected chi connectivity index (χ0v) is 29.1. The summed E-state index contributed by atoms with van der Waals surface area (Å²) in [5.41, 5.74) is 6.06. The molecule has 0 unspecified atom stereocenters. The standard InChI is InChI=1S/C42H40N4O4S/c47-39(27-29-9-3-1-4-10-29)45-25-7-13-35(45)41(49)43-33-19-15-31(16-20-33)37-23-24-38(51-37)32-17-21-34(22-18-32)44-42(50)36-14-8-26-46(36)40(48)28-30-11-5-2-6-12-30/h1-6,9-12,15-24,35,44,50H,7-8,13-14,25-28H2,(H,43,49)/b42-36+/t35-/m0/s1. The van der Waals surface area contributed by atoms with Gasteiger partial charge in [-0.05, 0) is 84.3 Å². The van der Waals surface area contributed by atoms with Crippen molar-refractivity contribution in [3.8, 4) is 20.9 Å². The maximum Gasteiger partial charge on any atom is 0.247 e. The van der Waals surface area contributed by atoms with Gasteiger partial charge in [-0.15, -0.1) is 11.3 Å². The lowest BCUT2D eigenvalue weighted by Gasteiger charge is -2.24. The monoisotopic (exact) mass is 696 g/mol. The van der Waals surface area contributed by atoms with Gasteiger partial charge < -0.3 is 25.5 Å². The third-order valence-corrected chi connectivity index (χ3v) is 10.6. The molecule has 0 spiro atoms. The predicted molar refractivity (Wildman–Crippen MR) is 203 cm³/mol. The van der Waals surface area contributed by atoms with Crippen LogP contribution >= 0.6 is 11.3 Å². The maximum atomic E-state index is 13.2. The Bertz CT molecular complexity index is 2020. The number of aliphatic hydroxyl groups is 1. The molecule has 0 radical (unpaired) electrons. The smallest absolute Gasteiger partial charge is 0.247 e. The predicted octanol–water partition coefficient (Wildman–Crippen LogP) is 8.26. The summed E-state index contributed by atoms with van der Waals surface area (Å²) in [5, 5.41) is 17.1. The minimum Gasteiger partial charge on any atom is -0.493 e. The Hall–Kier alpha value is -5.67. The summed E-state index contributed by atoms with van der Waals surface area (Å²) < 4.78 is 0. The van der Waals surface area contributed by atoms with Gasteiger partial charge in [-0.2, -0.15) is 0 Å². The van der Waals surface area contributed by atoms with Gasteiger partial charge in [0, 0.05) is 34.2 Å². The number of hydrogen-bond acceptors (Lipinski definition) is 6. The van der Waals surface area contributed by atoms with Gasteiger partial charge in [0.1, 0.15) is 6.04 Å². The van der Waals surface area contributed by atoms with Crippen LogP contribution in [0.5, 0.6) is 0 Å². The van der Waals surface area contributed by atoms with Crippen LogP contribution in [-0.4, -0.2) is 51.8 Å². The first-order chi connectivity index (χ1) is 24.9. The second-order valence-corrected chi connectivity index (χ2v) is 14.0. The Kier molecular flexibility index (Phi) is 10.3. The fourth-order valence-electron chi connectivity index (χ4n) is 6.79. The van der Waals surface area contributed by atoms with Crippen LogP contribution < -0.4 is 10.6 Å². The molecule has 2 fully saturated rings. The molecule has 51 heavy (non-hydrogen) atoms. The molecule has 2 saturated heterocycles. The highest BCUT2D eigenvalue weighted by molar-refractivity contribution is 7.18. The van der Waals surface area contributed by atoms with E-state index in [0.29, 0.717) is 50.2 Å². The lowest BCUT2D eigenvalue weighted by atomic mass is 10.1. The van der Waals surface area contributed by atoms with Crippen molar-refractivity contribution in [2.45, 2.75) is 44.6 Å². The van der Waals surface area contributed by atoms with E-state index in [1.54, 1.807) is 21.1 Å². The molecular formula is C42H40N4O4S. The number of anilines is 2. The number of aliphatic hydroxyl groups excluding tert-OH is 1. The van der Waals surface area contributed by atoms with Crippen LogP contribution in [-0.2, 0) is 27.2 Å². The fourth-order valence-corrected chi connectivity index (χ4v) is 7.81. The number of carbonyl (C=O) groups is 3. The quantitative estimate of drug-likeness (QED) is 0.128. The normalized spacial score (nSPS) is 16.6. The number of allylic oxidation sites excluding steroid dienone is 1. The Morgan fingerprint density at radius 3 is 1.78 bits per heavy atom. The number of likely N-dealkylation sites (tertiary alicyclic amines) is 2. The third kappa shape index (κ3) is 8.05. The van der Waals surface area contributed by atoms with Crippen LogP contribution in [0.15, 0.2) is 133 Å². The van der Waals surface area contributed by atoms with Crippen molar-refractivity contribution < 1.29 is 19.5 Å². The first kappa shape index (κ1) is 33.8. The minimum absolute atomic E-state index is 0.0109. The van der Waals surface area contributed by atoms with Crippen molar-refractivity contribution in [1.82, 2.24) is 9.80 Å². The van der Waals surface area contributed by atoms with E-state index in [1.165, 1.54) is 0 Å². The number of thiophene rings is 1. The first-order valence-corrected chi connectivity index (χ1v) is 18.2. The van der Waals surface area contributed by atoms with Gasteiger partial charge in [0.2, 0.25) is 23.6 Å². The highest BCUT2D eigenvalue weighted by Crippen LogP contribution is 2.36. The van der Waals surface area contributed by atoms with Crippen molar-refractivity contribution in [1.29, 1.82) is 0 Å². The minimum atomic E-state index is -0.463. The van der Waals surface area contributed by atoms with Gasteiger partial charge in [0.15, 0.2) is 0 Å². The molecule has 3 amide bonds. The molecule has 0 bridgehead atoms. The Morgan fingerprint density at radius 2 is 1.20 bits per heavy atom. The highest BCUT2D eigenvalue weighted by atomic mass is 32.1. The molecule has 258 valence electrons. The summed E-state index contributed by atoms with van der Waals surface area (Å²) in [5.74, 6) is -0.183. The van der Waals surface area contributed by atoms with Crippen LogP contribution in [0, 0.1) is 0 Å². The molecule has 4 aromatic carbocycles. The molecule has 5 aromatic rings. The van der Waals surface area contributed by atoms with Gasteiger partial charge in [0.05, 0.1) is 18.5 Å². The van der Waals surface area contributed by atoms with Crippen molar-refractivity contribution in [2.75, 3.05) is 23.7 Å². The van der Waals surface area contributed by atoms with E-state index in [9.17, 15) is 19.5 Å². The van der Waals surface area contributed by atoms with E-state index in [1.807, 2.05) is 109 Å². The van der Waals surface area contributed by atoms with Gasteiger partial charge >= 0.3 is 0 Å². The summed E-state index contributed by atoms with van der Waals surface area (Å²) in [6.45, 7) is 1.19. The van der Waals surface area contributed by atoms with Crippen molar-refractivity contribution in [3.63, 3.8) is 0 Å². The van der Waals surface area contributed by atoms with E-state index in [4.69, 9.17) is 0 Å². The molecule has 8 nitrogen and oxygen atoms in total. The van der Waals surface area contributed by atoms with Gasteiger partial charge in [0.25, 0.3) is 0 Å². The lowest BCUT2D eigenvalue weighted by Crippen LogP contribution is -2.43. The summed E-state index contributed by atoms with van der Waals surface area (Å²) in [7, 11) is 0. The number of nitrogens with zero attached hydrogens (tertiary/aromatic N) is 2. The van der Waals surface area contributed by atoms with Crippen molar-refractivity contribution in [3.05, 3.63) is 144 Å². The summed E-state index contributed by atoms with van der Waals surface area (Å²) in [4.78, 5) is 44.8. The van der Waals surface area contributed by atoms with Crippen LogP contribution in [0.1, 0.15) is 36.8 Å². The van der Waals surface area contributed by atoms with Crippen LogP contribution in [0.4, 0.5) is 11.4 Å². The van der Waals surface area contributed by atoms with Gasteiger partial charge in [-0.25, -0.2) is 0 Å². The van der Waals surface area contributed by atoms with E-state index in [-0.39, 0.29) is 23.6 Å². The molecule has 2 aliphatic heterocycles. The zero-order chi connectivity index (χ0) is 35.2. The average Bonchev–Trinajstić information content (AvgIpc) is 3.95. The topological polar surface area (TPSA) is 102 Å². The fraction of sp³-hybridized carbons (Fsp3) is 0.214. The Balaban J connectivity index is 0.946. The molecule has 0 aliphatic carbocycles. The third-order valence-electron chi connectivity index (χ3n) is 9.44. The van der Waals surface area contributed by atoms with Gasteiger partial charge in [-0.1, -0.05) is 84.9 Å². The molecule has 2 aliphatic rings. The SMILES string of the molecule is O=C(Nc1ccc(-c2ccc(-c3ccc(N/C(O)=C4/CCCN4C(=O)Cc4ccccc4)cc3)s2)cc1)[C@@H]1CCCN1C(=O)Cc1ccccc1. The van der Waals surface area contributed by atoms with E-state index in [0.717, 1.165) is 50.5 Å². The molecular weight excluding hydrogens is 657 g/mol. The second-order valence-electron chi connectivity index (χ2n) is 12.9. The molecule has 1 aromatic heterocycles. The zero-order valence-electron chi connectivity index (χ0n) is 28.3. The van der Waals surface area contributed by atoms with Gasteiger partial charge in [-0.3, -0.25) is 14.4 Å². The molecule has 7 rings (SSSR count). The number of benzene rings is 4. The Labute approximate surface area is 302 Å². The summed E-state index contributed by atoms with van der Waals surface area (Å²) in [6, 6.07) is 38.7. The number of amides is 3. The van der Waals surface area contributed by atoms with Crippen molar-refractivity contribution >= 4 is 40.4 Å². The summed E-state index contributed by atoms with van der Waals surface area (Å²) in [6.07, 6.45) is 3.52. The number of nitrogens with one attached hydrogen (secondary N) is 2. The molecule has 0 saturated carbocycles. The molecule has 9 heteroatoms. The van der Waals surface area contributed by atoms with Crippen LogP contribution in [0.25, 0.3) is 20.9 Å². The van der Waals surface area contributed by atoms with E-state index >= 15 is 0 Å². The van der Waals surface area contributed by atoms with Crippen molar-refractivity contribution in [2.24, 2.45) is 0 Å². The number of rotatable bonds is 10. The Morgan fingerprint density at radius 1 is 0.647 bits per heavy atom. The average molecular weight is 697 g/mol. The first-order valence-electron chi connectivity index (χ1n) is 17.4. The van der Waals surface area contributed by atoms with E-state index in [2.05, 4.69) is 22.8 Å². The second kappa shape index (κ2) is 15.5. The molecule has 3 heterocycles. The summed E-state index contributed by atoms with van der Waals surface area (Å²) >= 11 is 1.67. The maximum absolute atomic E-state index is 13.2. The molecule has 1 atom stereocenters. The van der Waals surface area contributed by atoms with Crippen LogP contribution in [0.3, 0.4) is 0 Å². The van der Waals surface area contributed by atoms with Crippen LogP contribution in [0.2, 0.25) is 0 Å². The number of hydrogen-bond donors (Lipinski definition) is 3. The lowest BCUT2D eigenvalue weighted by molar-refractivity contribution is -0.136. The molecule has 3 N–H and O–H groups in total.